The largest absolute Gasteiger partial charge is 0.387 e. The highest BCUT2D eigenvalue weighted by Crippen LogP contribution is 2.14. The Kier molecular flexibility index (Phi) is 3.72. The predicted molar refractivity (Wildman–Crippen MR) is 73.8 cm³/mol. The zero-order valence-electron chi connectivity index (χ0n) is 11.1. The van der Waals surface area contributed by atoms with Crippen molar-refractivity contribution in [2.24, 2.45) is 0 Å². The van der Waals surface area contributed by atoms with Crippen LogP contribution in [-0.2, 0) is 6.54 Å². The van der Waals surface area contributed by atoms with Gasteiger partial charge in [-0.3, -0.25) is 10.1 Å². The molecule has 0 radical (unpaired) electrons. The Morgan fingerprint density at radius 3 is 2.95 bits per heavy atom. The van der Waals surface area contributed by atoms with Crippen LogP contribution in [0.25, 0.3) is 11.4 Å². The van der Waals surface area contributed by atoms with Crippen LogP contribution in [0.1, 0.15) is 12.2 Å². The van der Waals surface area contributed by atoms with Crippen molar-refractivity contribution in [1.82, 2.24) is 30.8 Å². The molecule has 7 nitrogen and oxygen atoms in total. The lowest BCUT2D eigenvalue weighted by atomic mass is 10.0. The number of pyridine rings is 1. The lowest BCUT2D eigenvalue weighted by Crippen LogP contribution is -2.42. The minimum atomic E-state index is -0.645. The van der Waals surface area contributed by atoms with Crippen molar-refractivity contribution in [1.29, 1.82) is 0 Å². The highest BCUT2D eigenvalue weighted by atomic mass is 16.3. The molecular formula is C13H18N6O. The number of H-pyrrole nitrogens is 1. The van der Waals surface area contributed by atoms with Gasteiger partial charge in [-0.2, -0.15) is 5.10 Å². The van der Waals surface area contributed by atoms with Crippen LogP contribution in [0.15, 0.2) is 24.5 Å². The van der Waals surface area contributed by atoms with Crippen molar-refractivity contribution in [2.45, 2.75) is 18.6 Å². The smallest absolute Gasteiger partial charge is 0.181 e. The fourth-order valence-corrected chi connectivity index (χ4v) is 2.30. The zero-order chi connectivity index (χ0) is 13.8. The Morgan fingerprint density at radius 1 is 1.35 bits per heavy atom. The van der Waals surface area contributed by atoms with E-state index in [1.807, 2.05) is 12.1 Å². The minimum Gasteiger partial charge on any atom is -0.387 e. The first-order valence-corrected chi connectivity index (χ1v) is 6.71. The molecule has 4 N–H and O–H groups in total. The minimum absolute atomic E-state index is 0.547. The lowest BCUT2D eigenvalue weighted by Gasteiger charge is -2.21. The number of aromatic amines is 1. The van der Waals surface area contributed by atoms with Crippen LogP contribution in [-0.4, -0.2) is 50.5 Å². The van der Waals surface area contributed by atoms with E-state index in [2.05, 4.69) is 30.8 Å². The molecule has 1 fully saturated rings. The molecule has 1 aliphatic rings. The maximum atomic E-state index is 10.2. The molecule has 3 heterocycles. The topological polar surface area (TPSA) is 98.8 Å². The van der Waals surface area contributed by atoms with Crippen LogP contribution in [0.4, 0.5) is 0 Å². The van der Waals surface area contributed by atoms with Crippen LogP contribution < -0.4 is 10.6 Å². The third-order valence-corrected chi connectivity index (χ3v) is 3.44. The van der Waals surface area contributed by atoms with E-state index in [1.165, 1.54) is 0 Å². The summed E-state index contributed by atoms with van der Waals surface area (Å²) in [6.07, 6.45) is 4.21. The fourth-order valence-electron chi connectivity index (χ4n) is 2.30. The summed E-state index contributed by atoms with van der Waals surface area (Å²) in [4.78, 5) is 8.38. The van der Waals surface area contributed by atoms with E-state index in [9.17, 15) is 5.11 Å². The summed E-state index contributed by atoms with van der Waals surface area (Å²) in [6.45, 7) is 2.61. The molecule has 2 aromatic rings. The summed E-state index contributed by atoms with van der Waals surface area (Å²) < 4.78 is 0. The van der Waals surface area contributed by atoms with Gasteiger partial charge in [0.2, 0.25) is 0 Å². The predicted octanol–water partition coefficient (Wildman–Crippen LogP) is -0.319. The van der Waals surface area contributed by atoms with Gasteiger partial charge in [0.15, 0.2) is 5.82 Å². The van der Waals surface area contributed by atoms with Gasteiger partial charge in [0.05, 0.1) is 12.1 Å². The van der Waals surface area contributed by atoms with Crippen LogP contribution in [0.5, 0.6) is 0 Å². The molecule has 0 spiro atoms. The summed E-state index contributed by atoms with van der Waals surface area (Å²) in [7, 11) is 0. The molecule has 0 amide bonds. The maximum absolute atomic E-state index is 10.2. The van der Waals surface area contributed by atoms with E-state index in [0.29, 0.717) is 25.5 Å². The first-order valence-electron chi connectivity index (χ1n) is 6.71. The summed E-state index contributed by atoms with van der Waals surface area (Å²) in [5.41, 5.74) is 0.287. The molecule has 106 valence electrons. The van der Waals surface area contributed by atoms with Crippen LogP contribution in [0.3, 0.4) is 0 Å². The molecule has 0 bridgehead atoms. The van der Waals surface area contributed by atoms with Crippen molar-refractivity contribution in [3.05, 3.63) is 30.4 Å². The number of nitrogens with one attached hydrogen (secondary N) is 3. The van der Waals surface area contributed by atoms with Crippen molar-refractivity contribution in [2.75, 3.05) is 19.6 Å². The van der Waals surface area contributed by atoms with E-state index >= 15 is 0 Å². The van der Waals surface area contributed by atoms with Crippen molar-refractivity contribution < 1.29 is 5.11 Å². The van der Waals surface area contributed by atoms with Gasteiger partial charge >= 0.3 is 0 Å². The molecule has 2 aromatic heterocycles. The quantitative estimate of drug-likeness (QED) is 0.596. The van der Waals surface area contributed by atoms with Gasteiger partial charge in [0.25, 0.3) is 0 Å². The van der Waals surface area contributed by atoms with Gasteiger partial charge in [0, 0.05) is 31.0 Å². The Morgan fingerprint density at radius 2 is 2.20 bits per heavy atom. The SMILES string of the molecule is OC1(CNCc2nc(-c3ccncc3)n[nH]2)CCNC1. The van der Waals surface area contributed by atoms with Gasteiger partial charge in [0.1, 0.15) is 5.82 Å². The van der Waals surface area contributed by atoms with E-state index < -0.39 is 5.60 Å². The molecule has 3 rings (SSSR count). The zero-order valence-corrected chi connectivity index (χ0v) is 11.1. The number of hydrogen-bond acceptors (Lipinski definition) is 6. The average Bonchev–Trinajstić information content (AvgIpc) is 3.10. The average molecular weight is 274 g/mol. The van der Waals surface area contributed by atoms with E-state index in [4.69, 9.17) is 0 Å². The molecule has 1 saturated heterocycles. The van der Waals surface area contributed by atoms with Crippen molar-refractivity contribution in [3.8, 4) is 11.4 Å². The highest BCUT2D eigenvalue weighted by Gasteiger charge is 2.30. The Labute approximate surface area is 116 Å². The Bertz CT molecular complexity index is 549. The third kappa shape index (κ3) is 3.01. The van der Waals surface area contributed by atoms with Crippen LogP contribution in [0.2, 0.25) is 0 Å². The summed E-state index contributed by atoms with van der Waals surface area (Å²) in [5.74, 6) is 1.41. The van der Waals surface area contributed by atoms with Crippen molar-refractivity contribution >= 4 is 0 Å². The van der Waals surface area contributed by atoms with E-state index in [0.717, 1.165) is 24.4 Å². The second-order valence-electron chi connectivity index (χ2n) is 5.10. The third-order valence-electron chi connectivity index (χ3n) is 3.44. The second-order valence-corrected chi connectivity index (χ2v) is 5.10. The molecule has 1 aliphatic heterocycles. The monoisotopic (exact) mass is 274 g/mol. The summed E-state index contributed by atoms with van der Waals surface area (Å²) in [6, 6.07) is 3.74. The molecule has 0 aromatic carbocycles. The molecule has 1 atom stereocenters. The fraction of sp³-hybridized carbons (Fsp3) is 0.462. The van der Waals surface area contributed by atoms with Gasteiger partial charge in [-0.15, -0.1) is 0 Å². The van der Waals surface area contributed by atoms with E-state index in [-0.39, 0.29) is 0 Å². The number of hydrogen-bond donors (Lipinski definition) is 4. The molecule has 0 aliphatic carbocycles. The normalized spacial score (nSPS) is 22.2. The standard InChI is InChI=1S/C13H18N6O/c20-13(3-6-15-8-13)9-16-7-11-17-12(19-18-11)10-1-4-14-5-2-10/h1-2,4-5,15-16,20H,3,6-9H2,(H,17,18,19). The molecule has 0 saturated carbocycles. The van der Waals surface area contributed by atoms with Gasteiger partial charge in [-0.05, 0) is 25.1 Å². The number of nitrogens with zero attached hydrogens (tertiary/aromatic N) is 3. The van der Waals surface area contributed by atoms with Gasteiger partial charge < -0.3 is 15.7 Å². The molecule has 20 heavy (non-hydrogen) atoms. The van der Waals surface area contributed by atoms with Gasteiger partial charge in [-0.25, -0.2) is 4.98 Å². The first-order chi connectivity index (χ1) is 9.75. The van der Waals surface area contributed by atoms with E-state index in [1.54, 1.807) is 12.4 Å². The maximum Gasteiger partial charge on any atom is 0.181 e. The van der Waals surface area contributed by atoms with Gasteiger partial charge in [-0.1, -0.05) is 0 Å². The first kappa shape index (κ1) is 13.2. The summed E-state index contributed by atoms with van der Waals surface area (Å²) in [5, 5.41) is 23.6. The second kappa shape index (κ2) is 5.66. The van der Waals surface area contributed by atoms with Crippen molar-refractivity contribution in [3.63, 3.8) is 0 Å². The number of rotatable bonds is 5. The van der Waals surface area contributed by atoms with Crippen LogP contribution in [0, 0.1) is 0 Å². The molecule has 1 unspecified atom stereocenters. The Hall–Kier alpha value is -1.83. The number of β-amino-alcohol motifs (C(OH)–C–C–N with tert-alkyl or cyclic N) is 1. The van der Waals surface area contributed by atoms with Crippen LogP contribution >= 0.6 is 0 Å². The highest BCUT2D eigenvalue weighted by molar-refractivity contribution is 5.52. The molecule has 7 heteroatoms. The molecular weight excluding hydrogens is 256 g/mol. The Balaban J connectivity index is 1.55. The summed E-state index contributed by atoms with van der Waals surface area (Å²) >= 11 is 0. The lowest BCUT2D eigenvalue weighted by molar-refractivity contribution is 0.0607. The number of aromatic nitrogens is 4. The number of aliphatic hydroxyl groups is 1.